The van der Waals surface area contributed by atoms with Crippen molar-refractivity contribution in [2.75, 3.05) is 23.0 Å². The third-order valence-electron chi connectivity index (χ3n) is 6.58. The lowest BCUT2D eigenvalue weighted by Crippen LogP contribution is -2.43. The van der Waals surface area contributed by atoms with E-state index >= 15 is 0 Å². The van der Waals surface area contributed by atoms with Crippen molar-refractivity contribution < 1.29 is 18.3 Å². The zero-order chi connectivity index (χ0) is 29.0. The van der Waals surface area contributed by atoms with E-state index in [0.717, 1.165) is 28.6 Å². The minimum Gasteiger partial charge on any atom is -0.466 e. The standard InChI is InChI=1S/C25H31Cl2F2N7O2S2/c1-5-38-19(37)10-15(4)16-11-18(36(23-31-21(26)33-39-23)24-32-22(27)34-40-24)20(30-12-16)35(13-14(2)3)17-6-8-25(28,29)9-7-17/h11-12,14-15,17H,5-10,13H2,1-4H3/t15-/m1/s1. The van der Waals surface area contributed by atoms with Gasteiger partial charge in [0.15, 0.2) is 5.82 Å². The molecule has 4 rings (SSSR count). The van der Waals surface area contributed by atoms with Crippen LogP contribution in [0.15, 0.2) is 12.3 Å². The average molecular weight is 635 g/mol. The molecule has 1 aliphatic carbocycles. The highest BCUT2D eigenvalue weighted by molar-refractivity contribution is 7.12. The molecule has 218 valence electrons. The van der Waals surface area contributed by atoms with Crippen LogP contribution in [0.25, 0.3) is 0 Å². The van der Waals surface area contributed by atoms with Crippen LogP contribution in [0.3, 0.4) is 0 Å². The number of anilines is 4. The van der Waals surface area contributed by atoms with E-state index in [0.29, 0.717) is 47.8 Å². The Kier molecular flexibility index (Phi) is 10.1. The highest BCUT2D eigenvalue weighted by Gasteiger charge is 2.39. The third kappa shape index (κ3) is 7.54. The van der Waals surface area contributed by atoms with E-state index < -0.39 is 5.92 Å². The predicted molar refractivity (Wildman–Crippen MR) is 155 cm³/mol. The van der Waals surface area contributed by atoms with Crippen molar-refractivity contribution in [2.45, 2.75) is 77.7 Å². The smallest absolute Gasteiger partial charge is 0.306 e. The van der Waals surface area contributed by atoms with Gasteiger partial charge in [-0.05, 0) is 66.4 Å². The summed E-state index contributed by atoms with van der Waals surface area (Å²) in [5.41, 5.74) is 1.37. The minimum absolute atomic E-state index is 0.0653. The Hall–Kier alpha value is -2.22. The fourth-order valence-electron chi connectivity index (χ4n) is 4.71. The summed E-state index contributed by atoms with van der Waals surface area (Å²) in [6.07, 6.45) is 2.19. The van der Waals surface area contributed by atoms with Crippen LogP contribution in [0.5, 0.6) is 0 Å². The van der Waals surface area contributed by atoms with Crippen LogP contribution < -0.4 is 9.80 Å². The molecular weight excluding hydrogens is 603 g/mol. The summed E-state index contributed by atoms with van der Waals surface area (Å²) in [7, 11) is 0. The average Bonchev–Trinajstić information content (AvgIpc) is 3.51. The van der Waals surface area contributed by atoms with Crippen molar-refractivity contribution in [3.05, 3.63) is 28.4 Å². The lowest BCUT2D eigenvalue weighted by Gasteiger charge is -2.40. The highest BCUT2D eigenvalue weighted by Crippen LogP contribution is 2.45. The Balaban J connectivity index is 1.86. The van der Waals surface area contributed by atoms with Crippen molar-refractivity contribution >= 4 is 74.0 Å². The van der Waals surface area contributed by atoms with Crippen molar-refractivity contribution in [1.82, 2.24) is 23.7 Å². The molecular formula is C25H31Cl2F2N7O2S2. The molecule has 0 saturated heterocycles. The van der Waals surface area contributed by atoms with E-state index in [4.69, 9.17) is 32.9 Å². The zero-order valence-corrected chi connectivity index (χ0v) is 25.8. The Bertz CT molecular complexity index is 1260. The number of hydrogen-bond donors (Lipinski definition) is 0. The Morgan fingerprint density at radius 2 is 1.73 bits per heavy atom. The summed E-state index contributed by atoms with van der Waals surface area (Å²) in [6.45, 7) is 8.72. The molecule has 0 aromatic carbocycles. The number of halogens is 4. The van der Waals surface area contributed by atoms with Gasteiger partial charge >= 0.3 is 5.97 Å². The lowest BCUT2D eigenvalue weighted by atomic mass is 9.90. The van der Waals surface area contributed by atoms with Gasteiger partial charge in [-0.25, -0.2) is 13.8 Å². The molecule has 3 aromatic heterocycles. The van der Waals surface area contributed by atoms with Gasteiger partial charge in [-0.15, -0.1) is 0 Å². The lowest BCUT2D eigenvalue weighted by molar-refractivity contribution is -0.143. The summed E-state index contributed by atoms with van der Waals surface area (Å²) in [4.78, 5) is 29.8. The van der Waals surface area contributed by atoms with Crippen molar-refractivity contribution in [3.63, 3.8) is 0 Å². The monoisotopic (exact) mass is 633 g/mol. The van der Waals surface area contributed by atoms with Crippen LogP contribution >= 0.6 is 46.3 Å². The molecule has 3 aromatic rings. The van der Waals surface area contributed by atoms with Gasteiger partial charge in [0, 0.05) is 54.7 Å². The van der Waals surface area contributed by atoms with Gasteiger partial charge in [0.2, 0.25) is 26.8 Å². The summed E-state index contributed by atoms with van der Waals surface area (Å²) in [6, 6.07) is 1.77. The molecule has 0 aliphatic heterocycles. The van der Waals surface area contributed by atoms with E-state index in [2.05, 4.69) is 37.5 Å². The number of carbonyl (C=O) groups is 1. The topological polar surface area (TPSA) is 97.2 Å². The largest absolute Gasteiger partial charge is 0.466 e. The van der Waals surface area contributed by atoms with Crippen LogP contribution in [0, 0.1) is 5.92 Å². The van der Waals surface area contributed by atoms with E-state index in [1.165, 1.54) is 0 Å². The molecule has 15 heteroatoms. The molecule has 1 atom stereocenters. The summed E-state index contributed by atoms with van der Waals surface area (Å²) >= 11 is 14.4. The fourth-order valence-corrected chi connectivity index (χ4v) is 6.42. The molecule has 0 amide bonds. The van der Waals surface area contributed by atoms with E-state index in [-0.39, 0.29) is 53.7 Å². The maximum Gasteiger partial charge on any atom is 0.306 e. The molecule has 0 N–H and O–H groups in total. The number of ether oxygens (including phenoxy) is 1. The van der Waals surface area contributed by atoms with Crippen LogP contribution in [0.1, 0.15) is 71.3 Å². The molecule has 1 aliphatic rings. The molecule has 9 nitrogen and oxygen atoms in total. The molecule has 3 heterocycles. The second kappa shape index (κ2) is 13.2. The SMILES string of the molecule is CCOC(=O)C[C@@H](C)c1cnc(N(CC(C)C)C2CCC(F)(F)CC2)c(N(c2nc(Cl)ns2)c2nc(Cl)ns2)c1. The molecule has 1 fully saturated rings. The van der Waals surface area contributed by atoms with E-state index in [9.17, 15) is 13.6 Å². The summed E-state index contributed by atoms with van der Waals surface area (Å²) in [5, 5.41) is 0.956. The third-order valence-corrected chi connectivity index (χ3v) is 8.52. The quantitative estimate of drug-likeness (QED) is 0.197. The van der Waals surface area contributed by atoms with Crippen LogP contribution in [0.4, 0.5) is 30.5 Å². The molecule has 1 saturated carbocycles. The normalized spacial score (nSPS) is 16.2. The van der Waals surface area contributed by atoms with Crippen LogP contribution in [0.2, 0.25) is 10.6 Å². The second-order valence-corrected chi connectivity index (χ2v) is 12.3. The van der Waals surface area contributed by atoms with Crippen LogP contribution in [-0.4, -0.2) is 54.8 Å². The highest BCUT2D eigenvalue weighted by atomic mass is 35.5. The van der Waals surface area contributed by atoms with Gasteiger partial charge in [-0.1, -0.05) is 20.8 Å². The number of alkyl halides is 2. The Labute approximate surface area is 250 Å². The summed E-state index contributed by atoms with van der Waals surface area (Å²) < 4.78 is 41.7. The molecule has 0 unspecified atom stereocenters. The number of rotatable bonds is 11. The first kappa shape index (κ1) is 30.7. The van der Waals surface area contributed by atoms with Gasteiger partial charge in [0.1, 0.15) is 0 Å². The first-order valence-electron chi connectivity index (χ1n) is 13.1. The maximum absolute atomic E-state index is 14.1. The number of nitrogens with zero attached hydrogens (tertiary/aromatic N) is 7. The predicted octanol–water partition coefficient (Wildman–Crippen LogP) is 7.66. The van der Waals surface area contributed by atoms with Crippen molar-refractivity contribution in [3.8, 4) is 0 Å². The van der Waals surface area contributed by atoms with Gasteiger partial charge in [0.25, 0.3) is 0 Å². The first-order valence-corrected chi connectivity index (χ1v) is 15.4. The number of pyridine rings is 1. The number of esters is 1. The second-order valence-electron chi connectivity index (χ2n) is 10.2. The van der Waals surface area contributed by atoms with Crippen molar-refractivity contribution in [2.24, 2.45) is 5.92 Å². The van der Waals surface area contributed by atoms with Gasteiger partial charge in [-0.2, -0.15) is 18.7 Å². The minimum atomic E-state index is -2.67. The van der Waals surface area contributed by atoms with Gasteiger partial charge in [0.05, 0.1) is 18.7 Å². The van der Waals surface area contributed by atoms with Crippen LogP contribution in [-0.2, 0) is 9.53 Å². The van der Waals surface area contributed by atoms with Crippen molar-refractivity contribution in [1.29, 1.82) is 0 Å². The van der Waals surface area contributed by atoms with Gasteiger partial charge < -0.3 is 9.64 Å². The molecule has 0 radical (unpaired) electrons. The van der Waals surface area contributed by atoms with Gasteiger partial charge in [-0.3, -0.25) is 9.69 Å². The first-order chi connectivity index (χ1) is 19.0. The number of hydrogen-bond acceptors (Lipinski definition) is 11. The Morgan fingerprint density at radius 1 is 1.12 bits per heavy atom. The molecule has 40 heavy (non-hydrogen) atoms. The zero-order valence-electron chi connectivity index (χ0n) is 22.6. The number of carbonyl (C=O) groups excluding carboxylic acids is 1. The summed E-state index contributed by atoms with van der Waals surface area (Å²) in [5.74, 6) is -2.40. The fraction of sp³-hybridized carbons (Fsp3) is 0.600. The maximum atomic E-state index is 14.1. The Morgan fingerprint density at radius 3 is 2.23 bits per heavy atom. The van der Waals surface area contributed by atoms with E-state index in [1.54, 1.807) is 18.0 Å². The van der Waals surface area contributed by atoms with E-state index in [1.807, 2.05) is 13.0 Å². The number of aromatic nitrogens is 5. The molecule has 0 bridgehead atoms. The molecule has 0 spiro atoms.